The molecule has 0 heterocycles. The average molecular weight is 365 g/mol. The van der Waals surface area contributed by atoms with E-state index in [1.54, 1.807) is 19.1 Å². The molecule has 1 N–H and O–H groups in total. The van der Waals surface area contributed by atoms with Crippen molar-refractivity contribution in [1.82, 2.24) is 5.32 Å². The van der Waals surface area contributed by atoms with Gasteiger partial charge in [-0.1, -0.05) is 6.07 Å². The summed E-state index contributed by atoms with van der Waals surface area (Å²) in [6.45, 7) is 1.69. The van der Waals surface area contributed by atoms with E-state index in [-0.39, 0.29) is 12.3 Å². The molecular formula is C19H21F2NO4. The van der Waals surface area contributed by atoms with E-state index in [1.165, 1.54) is 27.4 Å². The molecule has 0 aliphatic carbocycles. The fourth-order valence-corrected chi connectivity index (χ4v) is 2.58. The van der Waals surface area contributed by atoms with Gasteiger partial charge in [-0.05, 0) is 42.3 Å². The molecule has 140 valence electrons. The second-order valence-electron chi connectivity index (χ2n) is 5.67. The van der Waals surface area contributed by atoms with Crippen LogP contribution in [0, 0.1) is 11.6 Å². The number of amides is 1. The highest BCUT2D eigenvalue weighted by molar-refractivity contribution is 5.79. The van der Waals surface area contributed by atoms with Crippen LogP contribution < -0.4 is 19.5 Å². The molecule has 26 heavy (non-hydrogen) atoms. The zero-order valence-corrected chi connectivity index (χ0v) is 15.1. The van der Waals surface area contributed by atoms with E-state index < -0.39 is 17.7 Å². The first-order valence-electron chi connectivity index (χ1n) is 7.92. The van der Waals surface area contributed by atoms with Crippen LogP contribution in [0.15, 0.2) is 30.3 Å². The molecule has 0 fully saturated rings. The summed E-state index contributed by atoms with van der Waals surface area (Å²) in [7, 11) is 4.48. The van der Waals surface area contributed by atoms with Crippen molar-refractivity contribution in [3.8, 4) is 17.2 Å². The van der Waals surface area contributed by atoms with E-state index in [0.29, 0.717) is 28.4 Å². The predicted molar refractivity (Wildman–Crippen MR) is 92.7 cm³/mol. The van der Waals surface area contributed by atoms with Gasteiger partial charge in [0.05, 0.1) is 33.8 Å². The third-order valence-corrected chi connectivity index (χ3v) is 3.91. The van der Waals surface area contributed by atoms with Gasteiger partial charge in [0.15, 0.2) is 23.1 Å². The van der Waals surface area contributed by atoms with Crippen LogP contribution in [0.4, 0.5) is 8.78 Å². The first-order chi connectivity index (χ1) is 12.4. The minimum Gasteiger partial charge on any atom is -0.493 e. The van der Waals surface area contributed by atoms with Gasteiger partial charge in [0, 0.05) is 0 Å². The van der Waals surface area contributed by atoms with E-state index >= 15 is 0 Å². The number of hydrogen-bond acceptors (Lipinski definition) is 4. The molecule has 0 saturated heterocycles. The van der Waals surface area contributed by atoms with Crippen molar-refractivity contribution >= 4 is 5.91 Å². The molecule has 2 rings (SSSR count). The summed E-state index contributed by atoms with van der Waals surface area (Å²) in [6, 6.07) is 6.43. The van der Waals surface area contributed by atoms with Crippen LogP contribution in [-0.4, -0.2) is 27.2 Å². The summed E-state index contributed by atoms with van der Waals surface area (Å²) < 4.78 is 42.1. The Bertz CT molecular complexity index is 770. The van der Waals surface area contributed by atoms with Crippen molar-refractivity contribution in [1.29, 1.82) is 0 Å². The fourth-order valence-electron chi connectivity index (χ4n) is 2.58. The van der Waals surface area contributed by atoms with E-state index in [0.717, 1.165) is 12.1 Å². The Morgan fingerprint density at radius 2 is 1.62 bits per heavy atom. The molecular weight excluding hydrogens is 344 g/mol. The van der Waals surface area contributed by atoms with Gasteiger partial charge in [0.25, 0.3) is 0 Å². The van der Waals surface area contributed by atoms with Crippen LogP contribution in [0.25, 0.3) is 0 Å². The lowest BCUT2D eigenvalue weighted by atomic mass is 10.1. The van der Waals surface area contributed by atoms with Gasteiger partial charge in [-0.25, -0.2) is 8.78 Å². The Labute approximate surface area is 150 Å². The minimum absolute atomic E-state index is 0.0602. The average Bonchev–Trinajstić information content (AvgIpc) is 2.62. The summed E-state index contributed by atoms with van der Waals surface area (Å²) in [6.07, 6.45) is 0.0602. The largest absolute Gasteiger partial charge is 0.493 e. The van der Waals surface area contributed by atoms with Gasteiger partial charge in [0.1, 0.15) is 0 Å². The number of nitrogens with one attached hydrogen (secondary N) is 1. The van der Waals surface area contributed by atoms with E-state index in [9.17, 15) is 13.6 Å². The minimum atomic E-state index is -0.951. The monoisotopic (exact) mass is 365 g/mol. The number of benzene rings is 2. The van der Waals surface area contributed by atoms with Gasteiger partial charge < -0.3 is 19.5 Å². The van der Waals surface area contributed by atoms with Gasteiger partial charge in [-0.3, -0.25) is 4.79 Å². The third kappa shape index (κ3) is 4.41. The summed E-state index contributed by atoms with van der Waals surface area (Å²) in [4.78, 5) is 12.3. The van der Waals surface area contributed by atoms with Crippen molar-refractivity contribution in [2.24, 2.45) is 0 Å². The van der Waals surface area contributed by atoms with Gasteiger partial charge >= 0.3 is 0 Å². The number of halogens is 2. The molecule has 2 aromatic carbocycles. The topological polar surface area (TPSA) is 56.8 Å². The lowest BCUT2D eigenvalue weighted by Crippen LogP contribution is -2.28. The molecule has 0 bridgehead atoms. The number of carbonyl (C=O) groups is 1. The molecule has 1 atom stereocenters. The summed E-state index contributed by atoms with van der Waals surface area (Å²) in [5, 5.41) is 2.75. The van der Waals surface area contributed by atoms with Crippen molar-refractivity contribution in [2.45, 2.75) is 19.4 Å². The van der Waals surface area contributed by atoms with Crippen LogP contribution >= 0.6 is 0 Å². The molecule has 0 aromatic heterocycles. The highest BCUT2D eigenvalue weighted by Crippen LogP contribution is 2.38. The number of ether oxygens (including phenoxy) is 3. The van der Waals surface area contributed by atoms with Crippen molar-refractivity contribution in [2.75, 3.05) is 21.3 Å². The molecule has 0 aliphatic rings. The number of rotatable bonds is 7. The Hall–Kier alpha value is -2.83. The summed E-state index contributed by atoms with van der Waals surface area (Å²) in [5.41, 5.74) is 1.14. The Morgan fingerprint density at radius 1 is 1.00 bits per heavy atom. The maximum Gasteiger partial charge on any atom is 0.224 e. The molecule has 0 spiro atoms. The normalized spacial score (nSPS) is 11.6. The van der Waals surface area contributed by atoms with Crippen molar-refractivity contribution in [3.05, 3.63) is 53.1 Å². The van der Waals surface area contributed by atoms with Gasteiger partial charge in [-0.15, -0.1) is 0 Å². The third-order valence-electron chi connectivity index (χ3n) is 3.91. The van der Waals surface area contributed by atoms with Crippen LogP contribution in [0.3, 0.4) is 0 Å². The van der Waals surface area contributed by atoms with Gasteiger partial charge in [0.2, 0.25) is 11.7 Å². The van der Waals surface area contributed by atoms with Crippen LogP contribution in [0.2, 0.25) is 0 Å². The van der Waals surface area contributed by atoms with E-state index in [4.69, 9.17) is 14.2 Å². The first kappa shape index (κ1) is 19.5. The zero-order valence-electron chi connectivity index (χ0n) is 15.1. The van der Waals surface area contributed by atoms with E-state index in [1.807, 2.05) is 0 Å². The molecule has 0 aliphatic heterocycles. The van der Waals surface area contributed by atoms with Gasteiger partial charge in [-0.2, -0.15) is 0 Å². The maximum atomic E-state index is 13.3. The Balaban J connectivity index is 2.12. The first-order valence-corrected chi connectivity index (χ1v) is 7.92. The Morgan fingerprint density at radius 3 is 2.12 bits per heavy atom. The summed E-state index contributed by atoms with van der Waals surface area (Å²) in [5.74, 6) is -0.824. The van der Waals surface area contributed by atoms with E-state index in [2.05, 4.69) is 5.32 Å². The lowest BCUT2D eigenvalue weighted by molar-refractivity contribution is -0.121. The number of methoxy groups -OCH3 is 3. The zero-order chi connectivity index (χ0) is 19.3. The predicted octanol–water partition coefficient (Wildman–Crippen LogP) is 3.41. The van der Waals surface area contributed by atoms with Crippen molar-refractivity contribution < 1.29 is 27.8 Å². The molecule has 1 amide bonds. The van der Waals surface area contributed by atoms with Crippen LogP contribution in [-0.2, 0) is 11.2 Å². The highest BCUT2D eigenvalue weighted by atomic mass is 19.2. The maximum absolute atomic E-state index is 13.3. The standard InChI is InChI=1S/C19H21F2NO4/c1-11(13-5-6-14(20)15(21)10-13)22-18(23)9-12-7-16(24-2)19(26-4)17(8-12)25-3/h5-8,10-11H,9H2,1-4H3,(H,22,23)/t11-/m0/s1. The fraction of sp³-hybridized carbons (Fsp3) is 0.316. The smallest absolute Gasteiger partial charge is 0.224 e. The molecule has 2 aromatic rings. The number of hydrogen-bond donors (Lipinski definition) is 1. The second-order valence-corrected chi connectivity index (χ2v) is 5.67. The lowest BCUT2D eigenvalue weighted by Gasteiger charge is -2.16. The molecule has 7 heteroatoms. The second kappa shape index (κ2) is 8.51. The van der Waals surface area contributed by atoms with Crippen LogP contribution in [0.1, 0.15) is 24.1 Å². The molecule has 0 unspecified atom stereocenters. The molecule has 5 nitrogen and oxygen atoms in total. The summed E-state index contributed by atoms with van der Waals surface area (Å²) >= 11 is 0. The van der Waals surface area contributed by atoms with Crippen molar-refractivity contribution in [3.63, 3.8) is 0 Å². The Kier molecular flexibility index (Phi) is 6.38. The highest BCUT2D eigenvalue weighted by Gasteiger charge is 2.16. The molecule has 0 saturated carbocycles. The quantitative estimate of drug-likeness (QED) is 0.817. The SMILES string of the molecule is COc1cc(CC(=O)N[C@@H](C)c2ccc(F)c(F)c2)cc(OC)c1OC. The molecule has 0 radical (unpaired) electrons. The number of carbonyl (C=O) groups excluding carboxylic acids is 1. The van der Waals surface area contributed by atoms with Crippen LogP contribution in [0.5, 0.6) is 17.2 Å².